The Morgan fingerprint density at radius 1 is 1.00 bits per heavy atom. The molecule has 2 fully saturated rings. The van der Waals surface area contributed by atoms with E-state index in [1.165, 1.54) is 44.9 Å². The van der Waals surface area contributed by atoms with E-state index in [2.05, 4.69) is 13.8 Å². The predicted molar refractivity (Wildman–Crippen MR) is 53.1 cm³/mol. The lowest BCUT2D eigenvalue weighted by Crippen LogP contribution is -2.39. The molecule has 2 aliphatic rings. The monoisotopic (exact) mass is 166 g/mol. The van der Waals surface area contributed by atoms with Gasteiger partial charge in [0.1, 0.15) is 0 Å². The Hall–Kier alpha value is 0. The smallest absolute Gasteiger partial charge is 0.0272 e. The van der Waals surface area contributed by atoms with Crippen LogP contribution < -0.4 is 0 Å². The fourth-order valence-corrected chi connectivity index (χ4v) is 3.55. The van der Waals surface area contributed by atoms with Gasteiger partial charge in [0, 0.05) is 0 Å². The van der Waals surface area contributed by atoms with Gasteiger partial charge >= 0.3 is 0 Å². The zero-order valence-electron chi connectivity index (χ0n) is 8.60. The summed E-state index contributed by atoms with van der Waals surface area (Å²) in [6.07, 6.45) is 10.6. The maximum atomic E-state index is 2.56. The summed E-state index contributed by atoms with van der Waals surface area (Å²) in [7, 11) is 0. The normalized spacial score (nSPS) is 48.5. The Kier molecular flexibility index (Phi) is 2.18. The second-order valence-corrected chi connectivity index (χ2v) is 5.28. The molecule has 0 aromatic rings. The van der Waals surface area contributed by atoms with E-state index in [9.17, 15) is 0 Å². The lowest BCUT2D eigenvalue weighted by atomic mass is 9.56. The molecule has 0 radical (unpaired) electrons. The maximum absolute atomic E-state index is 2.56. The van der Waals surface area contributed by atoms with Crippen molar-refractivity contribution in [3.8, 4) is 0 Å². The van der Waals surface area contributed by atoms with E-state index in [-0.39, 0.29) is 0 Å². The van der Waals surface area contributed by atoms with E-state index in [1.54, 1.807) is 0 Å². The van der Waals surface area contributed by atoms with Crippen LogP contribution in [-0.2, 0) is 0 Å². The number of hydrogen-bond acceptors (Lipinski definition) is 0. The highest BCUT2D eigenvalue weighted by molar-refractivity contribution is 4.92. The van der Waals surface area contributed by atoms with Gasteiger partial charge < -0.3 is 0 Å². The van der Waals surface area contributed by atoms with Crippen molar-refractivity contribution in [2.45, 2.75) is 58.8 Å². The minimum absolute atomic E-state index is 0.733. The molecule has 0 saturated heterocycles. The molecule has 0 bridgehead atoms. The second kappa shape index (κ2) is 3.05. The fraction of sp³-hybridized carbons (Fsp3) is 1.00. The minimum atomic E-state index is 0.733. The molecule has 2 aliphatic carbocycles. The standard InChI is InChI=1S/C12H22/c1-10-6-5-8-11-7-3-4-9-12(10,11)2/h10-11H,3-9H2,1-2H3/t10?,11?,12-/m0/s1. The van der Waals surface area contributed by atoms with Crippen molar-refractivity contribution < 1.29 is 0 Å². The van der Waals surface area contributed by atoms with E-state index >= 15 is 0 Å². The van der Waals surface area contributed by atoms with Gasteiger partial charge in [0.05, 0.1) is 0 Å². The van der Waals surface area contributed by atoms with Crippen molar-refractivity contribution in [1.29, 1.82) is 0 Å². The lowest BCUT2D eigenvalue weighted by Gasteiger charge is -2.49. The van der Waals surface area contributed by atoms with Gasteiger partial charge in [0.15, 0.2) is 0 Å². The molecular formula is C12H22. The van der Waals surface area contributed by atoms with Crippen LogP contribution in [0.5, 0.6) is 0 Å². The molecule has 0 aromatic heterocycles. The first-order chi connectivity index (χ1) is 5.73. The number of hydrogen-bond donors (Lipinski definition) is 0. The zero-order valence-corrected chi connectivity index (χ0v) is 8.60. The van der Waals surface area contributed by atoms with E-state index in [0.29, 0.717) is 0 Å². The van der Waals surface area contributed by atoms with Crippen LogP contribution in [0.4, 0.5) is 0 Å². The summed E-state index contributed by atoms with van der Waals surface area (Å²) in [6, 6.07) is 0. The summed E-state index contributed by atoms with van der Waals surface area (Å²) in [5.41, 5.74) is 0.733. The van der Waals surface area contributed by atoms with Crippen LogP contribution in [0.2, 0.25) is 0 Å². The predicted octanol–water partition coefficient (Wildman–Crippen LogP) is 4.00. The summed E-state index contributed by atoms with van der Waals surface area (Å²) >= 11 is 0. The number of fused-ring (bicyclic) bond motifs is 1. The first-order valence-electron chi connectivity index (χ1n) is 5.73. The van der Waals surface area contributed by atoms with E-state index in [1.807, 2.05) is 0 Å². The van der Waals surface area contributed by atoms with Gasteiger partial charge in [-0.1, -0.05) is 39.5 Å². The molecule has 0 nitrogen and oxygen atoms in total. The Bertz CT molecular complexity index is 159. The Morgan fingerprint density at radius 3 is 2.50 bits per heavy atom. The van der Waals surface area contributed by atoms with Gasteiger partial charge in [-0.25, -0.2) is 0 Å². The average molecular weight is 166 g/mol. The van der Waals surface area contributed by atoms with Crippen LogP contribution in [-0.4, -0.2) is 0 Å². The maximum Gasteiger partial charge on any atom is -0.0272 e. The molecule has 0 aliphatic heterocycles. The summed E-state index contributed by atoms with van der Waals surface area (Å²) < 4.78 is 0. The van der Waals surface area contributed by atoms with Crippen molar-refractivity contribution >= 4 is 0 Å². The van der Waals surface area contributed by atoms with Crippen LogP contribution in [0.3, 0.4) is 0 Å². The lowest BCUT2D eigenvalue weighted by molar-refractivity contribution is 0.0108. The molecule has 2 unspecified atom stereocenters. The van der Waals surface area contributed by atoms with Gasteiger partial charge in [0.25, 0.3) is 0 Å². The molecule has 0 N–H and O–H groups in total. The van der Waals surface area contributed by atoms with E-state index < -0.39 is 0 Å². The average Bonchev–Trinajstić information content (AvgIpc) is 2.07. The van der Waals surface area contributed by atoms with Gasteiger partial charge in [-0.05, 0) is 36.5 Å². The van der Waals surface area contributed by atoms with Gasteiger partial charge in [-0.15, -0.1) is 0 Å². The summed E-state index contributed by atoms with van der Waals surface area (Å²) in [6.45, 7) is 5.04. The highest BCUT2D eigenvalue weighted by Gasteiger charge is 2.42. The quantitative estimate of drug-likeness (QED) is 0.510. The SMILES string of the molecule is CC1CCCC2CCCC[C@@]12C. The topological polar surface area (TPSA) is 0 Å². The van der Waals surface area contributed by atoms with E-state index in [0.717, 1.165) is 17.3 Å². The molecule has 12 heavy (non-hydrogen) atoms. The van der Waals surface area contributed by atoms with Crippen molar-refractivity contribution in [2.24, 2.45) is 17.3 Å². The van der Waals surface area contributed by atoms with Gasteiger partial charge in [0.2, 0.25) is 0 Å². The highest BCUT2D eigenvalue weighted by atomic mass is 14.5. The molecule has 2 rings (SSSR count). The third-order valence-corrected chi connectivity index (χ3v) is 4.77. The summed E-state index contributed by atoms with van der Waals surface area (Å²) in [5.74, 6) is 2.08. The molecule has 3 atom stereocenters. The van der Waals surface area contributed by atoms with Crippen LogP contribution in [0.1, 0.15) is 58.8 Å². The third-order valence-electron chi connectivity index (χ3n) is 4.77. The molecule has 70 valence electrons. The van der Waals surface area contributed by atoms with Crippen molar-refractivity contribution in [1.82, 2.24) is 0 Å². The highest BCUT2D eigenvalue weighted by Crippen LogP contribution is 2.52. The van der Waals surface area contributed by atoms with Crippen LogP contribution in [0.25, 0.3) is 0 Å². The van der Waals surface area contributed by atoms with Crippen LogP contribution >= 0.6 is 0 Å². The van der Waals surface area contributed by atoms with E-state index in [4.69, 9.17) is 0 Å². The molecule has 2 saturated carbocycles. The third kappa shape index (κ3) is 1.20. The fourth-order valence-electron chi connectivity index (χ4n) is 3.55. The Labute approximate surface area is 76.7 Å². The van der Waals surface area contributed by atoms with Crippen molar-refractivity contribution in [3.05, 3.63) is 0 Å². The molecule has 0 spiro atoms. The molecule has 0 heteroatoms. The Balaban J connectivity index is 2.14. The molecular weight excluding hydrogens is 144 g/mol. The van der Waals surface area contributed by atoms with Gasteiger partial charge in [-0.3, -0.25) is 0 Å². The first kappa shape index (κ1) is 8.59. The van der Waals surface area contributed by atoms with Crippen LogP contribution in [0.15, 0.2) is 0 Å². The zero-order chi connectivity index (χ0) is 8.60. The minimum Gasteiger partial charge on any atom is -0.0620 e. The number of rotatable bonds is 0. The molecule has 0 amide bonds. The summed E-state index contributed by atoms with van der Waals surface area (Å²) in [4.78, 5) is 0. The van der Waals surface area contributed by atoms with Crippen molar-refractivity contribution in [3.63, 3.8) is 0 Å². The summed E-state index contributed by atoms with van der Waals surface area (Å²) in [5, 5.41) is 0. The van der Waals surface area contributed by atoms with Crippen LogP contribution in [0, 0.1) is 17.3 Å². The van der Waals surface area contributed by atoms with Gasteiger partial charge in [-0.2, -0.15) is 0 Å². The Morgan fingerprint density at radius 2 is 1.75 bits per heavy atom. The van der Waals surface area contributed by atoms with Crippen molar-refractivity contribution in [2.75, 3.05) is 0 Å². The second-order valence-electron chi connectivity index (χ2n) is 5.28. The molecule has 0 heterocycles. The molecule has 0 aromatic carbocycles. The largest absolute Gasteiger partial charge is 0.0620 e. The first-order valence-corrected chi connectivity index (χ1v) is 5.73.